The van der Waals surface area contributed by atoms with Crippen molar-refractivity contribution in [2.24, 2.45) is 5.92 Å². The zero-order valence-corrected chi connectivity index (χ0v) is 12.5. The summed E-state index contributed by atoms with van der Waals surface area (Å²) in [6.45, 7) is 0.729. The smallest absolute Gasteiger partial charge is 0.252 e. The number of hydrogen-bond donors (Lipinski definition) is 2. The normalized spacial score (nSPS) is 16.1. The minimum Gasteiger partial charge on any atom is -0.373 e. The van der Waals surface area contributed by atoms with Gasteiger partial charge in [0.15, 0.2) is 0 Å². The standard InChI is InChI=1S/C13H18ClN3OS/c1-15-12-6-10(11(14)8-16-12)13(18)17-7-9-2-4-19-5-3-9/h6,8-9H,2-5,7H2,1H3,(H,15,16)(H,17,18). The number of rotatable bonds is 4. The predicted molar refractivity (Wildman–Crippen MR) is 81.2 cm³/mol. The minimum absolute atomic E-state index is 0.123. The molecule has 1 aliphatic heterocycles. The molecule has 0 atom stereocenters. The fourth-order valence-corrected chi connectivity index (χ4v) is 3.43. The van der Waals surface area contributed by atoms with Crippen molar-refractivity contribution in [1.82, 2.24) is 10.3 Å². The van der Waals surface area contributed by atoms with E-state index < -0.39 is 0 Å². The number of carbonyl (C=O) groups excluding carboxylic acids is 1. The number of pyridine rings is 1. The molecule has 6 heteroatoms. The summed E-state index contributed by atoms with van der Waals surface area (Å²) >= 11 is 8.00. The van der Waals surface area contributed by atoms with Crippen molar-refractivity contribution in [3.05, 3.63) is 22.8 Å². The quantitative estimate of drug-likeness (QED) is 0.897. The van der Waals surface area contributed by atoms with Crippen molar-refractivity contribution in [3.63, 3.8) is 0 Å². The third kappa shape index (κ3) is 4.01. The average molecular weight is 300 g/mol. The van der Waals surface area contributed by atoms with E-state index in [1.165, 1.54) is 30.5 Å². The Hall–Kier alpha value is -0.940. The van der Waals surface area contributed by atoms with Gasteiger partial charge in [-0.05, 0) is 36.3 Å². The van der Waals surface area contributed by atoms with Crippen LogP contribution < -0.4 is 10.6 Å². The van der Waals surface area contributed by atoms with Crippen LogP contribution in [0, 0.1) is 5.92 Å². The molecule has 1 aromatic heterocycles. The van der Waals surface area contributed by atoms with Crippen molar-refractivity contribution in [3.8, 4) is 0 Å². The van der Waals surface area contributed by atoms with Crippen molar-refractivity contribution < 1.29 is 4.79 Å². The minimum atomic E-state index is -0.123. The zero-order chi connectivity index (χ0) is 13.7. The summed E-state index contributed by atoms with van der Waals surface area (Å²) in [5.74, 6) is 3.50. The Kier molecular flexibility index (Phi) is 5.34. The van der Waals surface area contributed by atoms with Crippen LogP contribution in [-0.2, 0) is 0 Å². The summed E-state index contributed by atoms with van der Waals surface area (Å²) in [6, 6.07) is 1.67. The van der Waals surface area contributed by atoms with E-state index in [4.69, 9.17) is 11.6 Å². The summed E-state index contributed by atoms with van der Waals surface area (Å²) in [5, 5.41) is 6.26. The van der Waals surface area contributed by atoms with E-state index in [-0.39, 0.29) is 5.91 Å². The number of carbonyl (C=O) groups is 1. The first-order valence-electron chi connectivity index (χ1n) is 6.40. The van der Waals surface area contributed by atoms with Gasteiger partial charge in [-0.15, -0.1) is 0 Å². The van der Waals surface area contributed by atoms with Gasteiger partial charge < -0.3 is 10.6 Å². The van der Waals surface area contributed by atoms with Gasteiger partial charge in [0.1, 0.15) is 5.82 Å². The van der Waals surface area contributed by atoms with E-state index in [0.29, 0.717) is 22.3 Å². The maximum Gasteiger partial charge on any atom is 0.252 e. The second-order valence-electron chi connectivity index (χ2n) is 4.57. The lowest BCUT2D eigenvalue weighted by atomic mass is 10.0. The molecule has 19 heavy (non-hydrogen) atoms. The van der Waals surface area contributed by atoms with Gasteiger partial charge in [-0.1, -0.05) is 11.6 Å². The van der Waals surface area contributed by atoms with Gasteiger partial charge in [0, 0.05) is 19.8 Å². The van der Waals surface area contributed by atoms with Gasteiger partial charge in [-0.25, -0.2) is 4.98 Å². The second-order valence-corrected chi connectivity index (χ2v) is 6.20. The molecule has 2 heterocycles. The number of hydrogen-bond acceptors (Lipinski definition) is 4. The van der Waals surface area contributed by atoms with Crippen LogP contribution in [0.25, 0.3) is 0 Å². The number of amides is 1. The molecule has 0 saturated carbocycles. The van der Waals surface area contributed by atoms with Gasteiger partial charge >= 0.3 is 0 Å². The molecule has 1 amide bonds. The van der Waals surface area contributed by atoms with E-state index in [9.17, 15) is 4.79 Å². The molecule has 2 N–H and O–H groups in total. The van der Waals surface area contributed by atoms with Crippen LogP contribution >= 0.6 is 23.4 Å². The molecule has 0 bridgehead atoms. The maximum atomic E-state index is 12.1. The summed E-state index contributed by atoms with van der Waals surface area (Å²) in [7, 11) is 1.76. The lowest BCUT2D eigenvalue weighted by molar-refractivity contribution is 0.0946. The number of aromatic nitrogens is 1. The first-order valence-corrected chi connectivity index (χ1v) is 7.93. The largest absolute Gasteiger partial charge is 0.373 e. The van der Waals surface area contributed by atoms with Crippen molar-refractivity contribution in [1.29, 1.82) is 0 Å². The molecule has 0 aliphatic carbocycles. The lowest BCUT2D eigenvalue weighted by Gasteiger charge is -2.21. The number of nitrogens with zero attached hydrogens (tertiary/aromatic N) is 1. The molecular weight excluding hydrogens is 282 g/mol. The van der Waals surface area contributed by atoms with Gasteiger partial charge in [0.25, 0.3) is 5.91 Å². The van der Waals surface area contributed by atoms with Crippen molar-refractivity contribution >= 4 is 35.1 Å². The molecule has 0 aromatic carbocycles. The van der Waals surface area contributed by atoms with Gasteiger partial charge in [-0.2, -0.15) is 11.8 Å². The summed E-state index contributed by atoms with van der Waals surface area (Å²) in [5.41, 5.74) is 0.478. The van der Waals surface area contributed by atoms with Gasteiger partial charge in [0.2, 0.25) is 0 Å². The van der Waals surface area contributed by atoms with E-state index >= 15 is 0 Å². The Labute approximate surface area is 122 Å². The predicted octanol–water partition coefficient (Wildman–Crippen LogP) is 2.65. The third-order valence-corrected chi connectivity index (χ3v) is 4.60. The highest BCUT2D eigenvalue weighted by atomic mass is 35.5. The van der Waals surface area contributed by atoms with Crippen LogP contribution in [0.1, 0.15) is 23.2 Å². The number of halogens is 1. The van der Waals surface area contributed by atoms with Crippen LogP contribution in [0.3, 0.4) is 0 Å². The summed E-state index contributed by atoms with van der Waals surface area (Å²) in [6.07, 6.45) is 3.85. The fourth-order valence-electron chi connectivity index (χ4n) is 2.03. The summed E-state index contributed by atoms with van der Waals surface area (Å²) in [4.78, 5) is 16.2. The highest BCUT2D eigenvalue weighted by Gasteiger charge is 2.16. The number of anilines is 1. The van der Waals surface area contributed by atoms with Crippen LogP contribution in [0.2, 0.25) is 5.02 Å². The molecule has 4 nitrogen and oxygen atoms in total. The molecule has 1 fully saturated rings. The van der Waals surface area contributed by atoms with Crippen LogP contribution in [-0.4, -0.2) is 36.0 Å². The fraction of sp³-hybridized carbons (Fsp3) is 0.538. The molecule has 1 aromatic rings. The van der Waals surface area contributed by atoms with Crippen molar-refractivity contribution in [2.75, 3.05) is 30.4 Å². The van der Waals surface area contributed by atoms with Gasteiger partial charge in [-0.3, -0.25) is 4.79 Å². The van der Waals surface area contributed by atoms with E-state index in [1.54, 1.807) is 13.1 Å². The van der Waals surface area contributed by atoms with Crippen LogP contribution in [0.15, 0.2) is 12.3 Å². The molecule has 1 aliphatic rings. The topological polar surface area (TPSA) is 54.0 Å². The Balaban J connectivity index is 1.95. The third-order valence-electron chi connectivity index (χ3n) is 3.25. The molecule has 2 rings (SSSR count). The monoisotopic (exact) mass is 299 g/mol. The number of nitrogens with one attached hydrogen (secondary N) is 2. The SMILES string of the molecule is CNc1cc(C(=O)NCC2CCSCC2)c(Cl)cn1. The molecule has 0 radical (unpaired) electrons. The Bertz CT molecular complexity index is 450. The van der Waals surface area contributed by atoms with Crippen LogP contribution in [0.4, 0.5) is 5.82 Å². The second kappa shape index (κ2) is 7.01. The lowest BCUT2D eigenvalue weighted by Crippen LogP contribution is -2.31. The first kappa shape index (κ1) is 14.5. The molecule has 104 valence electrons. The maximum absolute atomic E-state index is 12.1. The Morgan fingerprint density at radius 1 is 1.53 bits per heavy atom. The van der Waals surface area contributed by atoms with Crippen molar-refractivity contribution in [2.45, 2.75) is 12.8 Å². The Morgan fingerprint density at radius 3 is 2.95 bits per heavy atom. The highest BCUT2D eigenvalue weighted by molar-refractivity contribution is 7.99. The molecule has 0 spiro atoms. The van der Waals surface area contributed by atoms with Crippen LogP contribution in [0.5, 0.6) is 0 Å². The molecular formula is C13H18ClN3OS. The zero-order valence-electron chi connectivity index (χ0n) is 10.9. The van der Waals surface area contributed by atoms with Gasteiger partial charge in [0.05, 0.1) is 10.6 Å². The van der Waals surface area contributed by atoms with E-state index in [0.717, 1.165) is 6.54 Å². The number of thioether (sulfide) groups is 1. The highest BCUT2D eigenvalue weighted by Crippen LogP contribution is 2.22. The Morgan fingerprint density at radius 2 is 2.26 bits per heavy atom. The molecule has 1 saturated heterocycles. The van der Waals surface area contributed by atoms with E-state index in [1.807, 2.05) is 11.8 Å². The average Bonchev–Trinajstić information content (AvgIpc) is 2.46. The molecule has 0 unspecified atom stereocenters. The first-order chi connectivity index (χ1) is 9.20. The van der Waals surface area contributed by atoms with E-state index in [2.05, 4.69) is 15.6 Å². The summed E-state index contributed by atoms with van der Waals surface area (Å²) < 4.78 is 0.